The molecule has 0 saturated carbocycles. The van der Waals surface area contributed by atoms with E-state index in [4.69, 9.17) is 11.6 Å². The number of alkyl halides is 3. The second-order valence-electron chi connectivity index (χ2n) is 5.49. The van der Waals surface area contributed by atoms with E-state index in [9.17, 15) is 21.6 Å². The van der Waals surface area contributed by atoms with Gasteiger partial charge in [-0.1, -0.05) is 29.8 Å². The van der Waals surface area contributed by atoms with Gasteiger partial charge in [-0.05, 0) is 30.3 Å². The standard InChI is InChI=1S/C17H12ClF3N2O2S2/c18-11-5-7-12(8-6-11)27(24,25)10-9-26-15-13-3-1-2-4-14(13)22-16(23-15)17(19,20)21/h1-8H,9-10H2. The van der Waals surface area contributed by atoms with Gasteiger partial charge in [-0.3, -0.25) is 0 Å². The highest BCUT2D eigenvalue weighted by atomic mass is 35.5. The van der Waals surface area contributed by atoms with Crippen LogP contribution in [0.4, 0.5) is 13.2 Å². The minimum atomic E-state index is -4.69. The van der Waals surface area contributed by atoms with Crippen LogP contribution in [0.25, 0.3) is 10.9 Å². The fourth-order valence-electron chi connectivity index (χ4n) is 2.29. The Morgan fingerprint density at radius 2 is 1.67 bits per heavy atom. The van der Waals surface area contributed by atoms with Crippen molar-refractivity contribution >= 4 is 44.1 Å². The van der Waals surface area contributed by atoms with Crippen LogP contribution in [0.1, 0.15) is 5.82 Å². The van der Waals surface area contributed by atoms with Crippen LogP contribution in [0.5, 0.6) is 0 Å². The predicted molar refractivity (Wildman–Crippen MR) is 98.8 cm³/mol. The van der Waals surface area contributed by atoms with E-state index in [1.165, 1.54) is 30.3 Å². The Labute approximate surface area is 162 Å². The van der Waals surface area contributed by atoms with Crippen LogP contribution < -0.4 is 0 Å². The molecule has 0 aliphatic rings. The van der Waals surface area contributed by atoms with Crippen LogP contribution in [0.2, 0.25) is 5.02 Å². The molecule has 0 aliphatic heterocycles. The molecule has 0 amide bonds. The number of fused-ring (bicyclic) bond motifs is 1. The third-order valence-electron chi connectivity index (χ3n) is 3.59. The predicted octanol–water partition coefficient (Wildman–Crippen LogP) is 4.87. The lowest BCUT2D eigenvalue weighted by molar-refractivity contribution is -0.145. The summed E-state index contributed by atoms with van der Waals surface area (Å²) in [6.45, 7) is 0. The molecular weight excluding hydrogens is 421 g/mol. The van der Waals surface area contributed by atoms with Crippen LogP contribution >= 0.6 is 23.4 Å². The van der Waals surface area contributed by atoms with E-state index in [1.54, 1.807) is 18.2 Å². The fourth-order valence-corrected chi connectivity index (χ4v) is 5.09. The molecule has 0 aliphatic carbocycles. The summed E-state index contributed by atoms with van der Waals surface area (Å²) in [4.78, 5) is 7.24. The zero-order valence-electron chi connectivity index (χ0n) is 13.6. The van der Waals surface area contributed by atoms with Crippen LogP contribution in [0.15, 0.2) is 58.5 Å². The molecule has 0 atom stereocenters. The first-order valence-electron chi connectivity index (χ1n) is 7.62. The summed E-state index contributed by atoms with van der Waals surface area (Å²) in [7, 11) is -3.58. The molecular formula is C17H12ClF3N2O2S2. The number of benzene rings is 2. The van der Waals surface area contributed by atoms with Gasteiger partial charge in [0.15, 0.2) is 9.84 Å². The summed E-state index contributed by atoms with van der Waals surface area (Å²) in [6, 6.07) is 12.0. The van der Waals surface area contributed by atoms with E-state index in [1.807, 2.05) is 0 Å². The average Bonchev–Trinajstić information content (AvgIpc) is 2.61. The summed E-state index contributed by atoms with van der Waals surface area (Å²) in [6.07, 6.45) is -4.69. The van der Waals surface area contributed by atoms with Gasteiger partial charge >= 0.3 is 6.18 Å². The third kappa shape index (κ3) is 4.72. The maximum absolute atomic E-state index is 13.0. The second-order valence-corrected chi connectivity index (χ2v) is 9.12. The number of nitrogens with zero attached hydrogens (tertiary/aromatic N) is 2. The van der Waals surface area contributed by atoms with E-state index >= 15 is 0 Å². The molecule has 0 N–H and O–H groups in total. The highest BCUT2D eigenvalue weighted by Gasteiger charge is 2.35. The Balaban J connectivity index is 1.83. The lowest BCUT2D eigenvalue weighted by atomic mass is 10.2. The Bertz CT molecular complexity index is 1070. The Morgan fingerprint density at radius 3 is 2.33 bits per heavy atom. The Hall–Kier alpha value is -1.84. The van der Waals surface area contributed by atoms with E-state index in [2.05, 4.69) is 9.97 Å². The first kappa shape index (κ1) is 19.9. The zero-order chi connectivity index (χ0) is 19.7. The molecule has 10 heteroatoms. The molecule has 0 radical (unpaired) electrons. The largest absolute Gasteiger partial charge is 0.451 e. The molecule has 142 valence electrons. The van der Waals surface area contributed by atoms with Crippen molar-refractivity contribution in [2.24, 2.45) is 0 Å². The lowest BCUT2D eigenvalue weighted by Gasteiger charge is -2.10. The normalized spacial score (nSPS) is 12.4. The molecule has 1 heterocycles. The van der Waals surface area contributed by atoms with Crippen molar-refractivity contribution in [3.05, 3.63) is 59.4 Å². The van der Waals surface area contributed by atoms with E-state index in [-0.39, 0.29) is 26.9 Å². The van der Waals surface area contributed by atoms with Crippen LogP contribution in [0, 0.1) is 0 Å². The highest BCUT2D eigenvalue weighted by Crippen LogP contribution is 2.32. The molecule has 0 saturated heterocycles. The fraction of sp³-hybridized carbons (Fsp3) is 0.176. The van der Waals surface area contributed by atoms with Gasteiger partial charge in [-0.15, -0.1) is 11.8 Å². The van der Waals surface area contributed by atoms with Crippen LogP contribution in [-0.4, -0.2) is 29.9 Å². The summed E-state index contributed by atoms with van der Waals surface area (Å²) in [5, 5.41) is 0.953. The van der Waals surface area contributed by atoms with Crippen LogP contribution in [0.3, 0.4) is 0 Å². The minimum absolute atomic E-state index is 0.0449. The van der Waals surface area contributed by atoms with Crippen molar-refractivity contribution in [1.29, 1.82) is 0 Å². The second kappa shape index (κ2) is 7.65. The highest BCUT2D eigenvalue weighted by molar-refractivity contribution is 8.00. The van der Waals surface area contributed by atoms with Crippen molar-refractivity contribution in [3.8, 4) is 0 Å². The zero-order valence-corrected chi connectivity index (χ0v) is 16.0. The van der Waals surface area contributed by atoms with Gasteiger partial charge in [0, 0.05) is 16.2 Å². The van der Waals surface area contributed by atoms with E-state index in [0.717, 1.165) is 11.8 Å². The number of thioether (sulfide) groups is 1. The molecule has 0 fully saturated rings. The van der Waals surface area contributed by atoms with Crippen molar-refractivity contribution in [1.82, 2.24) is 9.97 Å². The molecule has 1 aromatic heterocycles. The number of aromatic nitrogens is 2. The monoisotopic (exact) mass is 432 g/mol. The molecule has 4 nitrogen and oxygen atoms in total. The van der Waals surface area contributed by atoms with Gasteiger partial charge in [0.25, 0.3) is 0 Å². The van der Waals surface area contributed by atoms with Crippen molar-refractivity contribution in [2.75, 3.05) is 11.5 Å². The van der Waals surface area contributed by atoms with Crippen molar-refractivity contribution < 1.29 is 21.6 Å². The molecule has 2 aromatic carbocycles. The molecule has 27 heavy (non-hydrogen) atoms. The molecule has 3 aromatic rings. The van der Waals surface area contributed by atoms with Gasteiger partial charge in [0.2, 0.25) is 5.82 Å². The first-order valence-corrected chi connectivity index (χ1v) is 10.6. The average molecular weight is 433 g/mol. The summed E-state index contributed by atoms with van der Waals surface area (Å²) in [5.41, 5.74) is 0.155. The molecule has 0 bridgehead atoms. The summed E-state index contributed by atoms with van der Waals surface area (Å²) in [5.74, 6) is -1.45. The minimum Gasteiger partial charge on any atom is -0.224 e. The van der Waals surface area contributed by atoms with E-state index < -0.39 is 21.8 Å². The maximum atomic E-state index is 13.0. The Morgan fingerprint density at radius 1 is 1.00 bits per heavy atom. The topological polar surface area (TPSA) is 59.9 Å². The summed E-state index contributed by atoms with van der Waals surface area (Å²) < 4.78 is 63.8. The van der Waals surface area contributed by atoms with Gasteiger partial charge < -0.3 is 0 Å². The number of halogens is 4. The molecule has 0 spiro atoms. The van der Waals surface area contributed by atoms with Crippen molar-refractivity contribution in [3.63, 3.8) is 0 Å². The smallest absolute Gasteiger partial charge is 0.224 e. The van der Waals surface area contributed by atoms with Gasteiger partial charge in [-0.25, -0.2) is 18.4 Å². The number of sulfone groups is 1. The lowest BCUT2D eigenvalue weighted by Crippen LogP contribution is -2.12. The van der Waals surface area contributed by atoms with Gasteiger partial charge in [0.1, 0.15) is 5.03 Å². The quantitative estimate of drug-likeness (QED) is 0.425. The number of para-hydroxylation sites is 1. The number of hydrogen-bond acceptors (Lipinski definition) is 5. The SMILES string of the molecule is O=S(=O)(CCSc1nc(C(F)(F)F)nc2ccccc12)c1ccc(Cl)cc1. The van der Waals surface area contributed by atoms with Gasteiger partial charge in [-0.2, -0.15) is 13.2 Å². The number of hydrogen-bond donors (Lipinski definition) is 0. The van der Waals surface area contributed by atoms with Crippen molar-refractivity contribution in [2.45, 2.75) is 16.1 Å². The summed E-state index contributed by atoms with van der Waals surface area (Å²) >= 11 is 6.70. The third-order valence-corrected chi connectivity index (χ3v) is 6.82. The maximum Gasteiger partial charge on any atom is 0.451 e. The molecule has 3 rings (SSSR count). The van der Waals surface area contributed by atoms with Gasteiger partial charge in [0.05, 0.1) is 16.2 Å². The molecule has 0 unspecified atom stereocenters. The Kier molecular flexibility index (Phi) is 5.64. The van der Waals surface area contributed by atoms with E-state index in [0.29, 0.717) is 10.4 Å². The first-order chi connectivity index (χ1) is 12.7. The number of rotatable bonds is 5. The van der Waals surface area contributed by atoms with Crippen LogP contribution in [-0.2, 0) is 16.0 Å².